The van der Waals surface area contributed by atoms with Crippen molar-refractivity contribution < 1.29 is 14.3 Å². The lowest BCUT2D eigenvalue weighted by atomic mass is 9.95. The highest BCUT2D eigenvalue weighted by molar-refractivity contribution is 5.94. The topological polar surface area (TPSA) is 58.6 Å². The van der Waals surface area contributed by atoms with Crippen LogP contribution in [0.5, 0.6) is 5.75 Å². The number of ether oxygens (including phenoxy) is 1. The lowest BCUT2D eigenvalue weighted by molar-refractivity contribution is -0.126. The second-order valence-electron chi connectivity index (χ2n) is 7.75. The lowest BCUT2D eigenvalue weighted by Crippen LogP contribution is -2.43. The maximum Gasteiger partial charge on any atom is 0.253 e. The summed E-state index contributed by atoms with van der Waals surface area (Å²) in [5.74, 6) is 0.970. The van der Waals surface area contributed by atoms with Crippen molar-refractivity contribution in [1.82, 2.24) is 10.2 Å². The fourth-order valence-electron chi connectivity index (χ4n) is 3.67. The summed E-state index contributed by atoms with van der Waals surface area (Å²) in [6, 6.07) is 13.7. The molecule has 2 aromatic carbocycles. The first kappa shape index (κ1) is 20.9. The van der Waals surface area contributed by atoms with E-state index < -0.39 is 0 Å². The van der Waals surface area contributed by atoms with Crippen LogP contribution in [0.1, 0.15) is 39.9 Å². The molecule has 29 heavy (non-hydrogen) atoms. The van der Waals surface area contributed by atoms with E-state index in [4.69, 9.17) is 4.74 Å². The molecule has 1 fully saturated rings. The minimum Gasteiger partial charge on any atom is -0.497 e. The summed E-state index contributed by atoms with van der Waals surface area (Å²) in [6.07, 6.45) is 2.22. The van der Waals surface area contributed by atoms with Crippen LogP contribution >= 0.6 is 0 Å². The molecule has 5 heteroatoms. The first-order valence-corrected chi connectivity index (χ1v) is 10.2. The molecule has 1 heterocycles. The third-order valence-electron chi connectivity index (χ3n) is 5.78. The molecule has 2 aromatic rings. The first-order valence-electron chi connectivity index (χ1n) is 10.2. The van der Waals surface area contributed by atoms with E-state index in [9.17, 15) is 9.59 Å². The minimum atomic E-state index is -0.0188. The number of rotatable bonds is 6. The molecule has 1 aliphatic rings. The van der Waals surface area contributed by atoms with Crippen molar-refractivity contribution >= 4 is 11.8 Å². The summed E-state index contributed by atoms with van der Waals surface area (Å²) in [7, 11) is 1.65. The molecule has 154 valence electrons. The third-order valence-corrected chi connectivity index (χ3v) is 5.78. The van der Waals surface area contributed by atoms with Gasteiger partial charge in [0.2, 0.25) is 5.91 Å². The summed E-state index contributed by atoms with van der Waals surface area (Å²) in [5.41, 5.74) is 4.21. The van der Waals surface area contributed by atoms with E-state index in [0.29, 0.717) is 32.5 Å². The van der Waals surface area contributed by atoms with Gasteiger partial charge in [-0.2, -0.15) is 0 Å². The average Bonchev–Trinajstić information content (AvgIpc) is 2.75. The Kier molecular flexibility index (Phi) is 6.91. The number of benzene rings is 2. The Morgan fingerprint density at radius 1 is 1.03 bits per heavy atom. The maximum absolute atomic E-state index is 12.7. The van der Waals surface area contributed by atoms with Gasteiger partial charge >= 0.3 is 0 Å². The Bertz CT molecular complexity index is 853. The summed E-state index contributed by atoms with van der Waals surface area (Å²) in [6.45, 7) is 5.94. The number of nitrogens with one attached hydrogen (secondary N) is 1. The molecule has 1 N–H and O–H groups in total. The number of carbonyl (C=O) groups is 2. The predicted octanol–water partition coefficient (Wildman–Crippen LogP) is 3.52. The second-order valence-corrected chi connectivity index (χ2v) is 7.75. The highest BCUT2D eigenvalue weighted by Crippen LogP contribution is 2.20. The first-order chi connectivity index (χ1) is 14.0. The van der Waals surface area contributed by atoms with Crippen molar-refractivity contribution in [3.05, 3.63) is 64.7 Å². The molecule has 0 radical (unpaired) electrons. The van der Waals surface area contributed by atoms with E-state index in [1.165, 1.54) is 11.1 Å². The van der Waals surface area contributed by atoms with Crippen molar-refractivity contribution in [2.24, 2.45) is 5.92 Å². The summed E-state index contributed by atoms with van der Waals surface area (Å²) in [4.78, 5) is 27.1. The highest BCUT2D eigenvalue weighted by atomic mass is 16.5. The molecule has 1 saturated heterocycles. The van der Waals surface area contributed by atoms with E-state index in [2.05, 4.69) is 5.32 Å². The van der Waals surface area contributed by atoms with Gasteiger partial charge in [-0.3, -0.25) is 9.59 Å². The fourth-order valence-corrected chi connectivity index (χ4v) is 3.67. The van der Waals surface area contributed by atoms with E-state index >= 15 is 0 Å². The Hall–Kier alpha value is -2.82. The number of hydrogen-bond acceptors (Lipinski definition) is 3. The lowest BCUT2D eigenvalue weighted by Gasteiger charge is -2.31. The van der Waals surface area contributed by atoms with Crippen LogP contribution in [0.25, 0.3) is 0 Å². The fraction of sp³-hybridized carbons (Fsp3) is 0.417. The Morgan fingerprint density at radius 2 is 1.72 bits per heavy atom. The molecule has 0 bridgehead atoms. The molecule has 3 rings (SSSR count). The number of aryl methyl sites for hydroxylation is 2. The van der Waals surface area contributed by atoms with Crippen molar-refractivity contribution in [3.8, 4) is 5.75 Å². The number of amides is 2. The van der Waals surface area contributed by atoms with Gasteiger partial charge in [0.05, 0.1) is 7.11 Å². The molecule has 0 unspecified atom stereocenters. The summed E-state index contributed by atoms with van der Waals surface area (Å²) >= 11 is 0. The van der Waals surface area contributed by atoms with Crippen LogP contribution in [0.2, 0.25) is 0 Å². The van der Waals surface area contributed by atoms with Crippen molar-refractivity contribution in [2.45, 2.75) is 33.1 Å². The number of likely N-dealkylation sites (tertiary alicyclic amines) is 1. The predicted molar refractivity (Wildman–Crippen MR) is 114 cm³/mol. The zero-order valence-electron chi connectivity index (χ0n) is 17.5. The molecular weight excluding hydrogens is 364 g/mol. The summed E-state index contributed by atoms with van der Waals surface area (Å²) in [5, 5.41) is 3.05. The SMILES string of the molecule is COc1ccc(CCNC(=O)C2CCN(C(=O)c3ccc(C)c(C)c3)CC2)cc1. The van der Waals surface area contributed by atoms with Gasteiger partial charge in [0.1, 0.15) is 5.75 Å². The number of carbonyl (C=O) groups excluding carboxylic acids is 2. The Morgan fingerprint density at radius 3 is 2.34 bits per heavy atom. The van der Waals surface area contributed by atoms with Gasteiger partial charge in [-0.25, -0.2) is 0 Å². The van der Waals surface area contributed by atoms with Gasteiger partial charge in [0.15, 0.2) is 0 Å². The van der Waals surface area contributed by atoms with E-state index in [0.717, 1.165) is 23.3 Å². The van der Waals surface area contributed by atoms with Gasteiger partial charge in [-0.15, -0.1) is 0 Å². The van der Waals surface area contributed by atoms with Gasteiger partial charge in [-0.1, -0.05) is 18.2 Å². The summed E-state index contributed by atoms with van der Waals surface area (Å²) < 4.78 is 5.16. The zero-order valence-corrected chi connectivity index (χ0v) is 17.5. The van der Waals surface area contributed by atoms with Crippen molar-refractivity contribution in [2.75, 3.05) is 26.7 Å². The number of nitrogens with zero attached hydrogens (tertiary/aromatic N) is 1. The molecule has 0 saturated carbocycles. The normalized spacial score (nSPS) is 14.5. The molecule has 0 spiro atoms. The van der Waals surface area contributed by atoms with Crippen molar-refractivity contribution in [3.63, 3.8) is 0 Å². The van der Waals surface area contributed by atoms with Crippen molar-refractivity contribution in [1.29, 1.82) is 0 Å². The van der Waals surface area contributed by atoms with Gasteiger partial charge in [0, 0.05) is 31.1 Å². The standard InChI is InChI=1S/C24H30N2O3/c1-17-4-7-21(16-18(17)2)24(28)26-14-11-20(12-15-26)23(27)25-13-10-19-5-8-22(29-3)9-6-19/h4-9,16,20H,10-15H2,1-3H3,(H,25,27). The monoisotopic (exact) mass is 394 g/mol. The van der Waals surface area contributed by atoms with Crippen LogP contribution in [0, 0.1) is 19.8 Å². The van der Waals surface area contributed by atoms with Gasteiger partial charge in [0.25, 0.3) is 5.91 Å². The third kappa shape index (κ3) is 5.37. The molecule has 2 amide bonds. The minimum absolute atomic E-state index is 0.0188. The van der Waals surface area contributed by atoms with Crippen LogP contribution in [0.4, 0.5) is 0 Å². The molecule has 0 atom stereocenters. The number of methoxy groups -OCH3 is 1. The average molecular weight is 395 g/mol. The van der Waals surface area contributed by atoms with E-state index in [1.807, 2.05) is 61.2 Å². The van der Waals surface area contributed by atoms with Crippen LogP contribution in [0.15, 0.2) is 42.5 Å². The molecule has 5 nitrogen and oxygen atoms in total. The maximum atomic E-state index is 12.7. The highest BCUT2D eigenvalue weighted by Gasteiger charge is 2.27. The van der Waals surface area contributed by atoms with Crippen LogP contribution < -0.4 is 10.1 Å². The van der Waals surface area contributed by atoms with E-state index in [-0.39, 0.29) is 17.7 Å². The molecule has 0 aliphatic carbocycles. The second kappa shape index (κ2) is 9.59. The Balaban J connectivity index is 1.43. The van der Waals surface area contributed by atoms with Crippen LogP contribution in [-0.2, 0) is 11.2 Å². The van der Waals surface area contributed by atoms with E-state index in [1.54, 1.807) is 7.11 Å². The Labute approximate surface area is 173 Å². The molecule has 0 aromatic heterocycles. The molecule has 1 aliphatic heterocycles. The molecular formula is C24H30N2O3. The quantitative estimate of drug-likeness (QED) is 0.816. The number of piperidine rings is 1. The van der Waals surface area contributed by atoms with Crippen LogP contribution in [0.3, 0.4) is 0 Å². The van der Waals surface area contributed by atoms with Gasteiger partial charge in [-0.05, 0) is 74.1 Å². The zero-order chi connectivity index (χ0) is 20.8. The number of hydrogen-bond donors (Lipinski definition) is 1. The largest absolute Gasteiger partial charge is 0.497 e. The van der Waals surface area contributed by atoms with Crippen LogP contribution in [-0.4, -0.2) is 43.5 Å². The smallest absolute Gasteiger partial charge is 0.253 e. The van der Waals surface area contributed by atoms with Gasteiger partial charge < -0.3 is 15.0 Å².